The summed E-state index contributed by atoms with van der Waals surface area (Å²) in [5.74, 6) is 0.520. The molecule has 60 valence electrons. The highest BCUT2D eigenvalue weighted by molar-refractivity contribution is 5.39. The van der Waals surface area contributed by atoms with E-state index in [2.05, 4.69) is 55.5 Å². The molecule has 0 radical (unpaired) electrons. The fourth-order valence-corrected chi connectivity index (χ4v) is 1.61. The quantitative estimate of drug-likeness (QED) is 0.585. The van der Waals surface area contributed by atoms with Crippen LogP contribution in [0.5, 0.6) is 0 Å². The van der Waals surface area contributed by atoms with E-state index in [1.54, 1.807) is 0 Å². The summed E-state index contributed by atoms with van der Waals surface area (Å²) >= 11 is 0. The Morgan fingerprint density at radius 3 is 2.42 bits per heavy atom. The van der Waals surface area contributed by atoms with Crippen LogP contribution >= 0.6 is 0 Å². The summed E-state index contributed by atoms with van der Waals surface area (Å²) in [6, 6.07) is 10.6. The van der Waals surface area contributed by atoms with Crippen LogP contribution in [-0.2, 0) is 0 Å². The predicted octanol–water partition coefficient (Wildman–Crippen LogP) is 3.29. The summed E-state index contributed by atoms with van der Waals surface area (Å²) in [7, 11) is 0. The molecule has 0 fully saturated rings. The van der Waals surface area contributed by atoms with Crippen LogP contribution in [-0.4, -0.2) is 0 Å². The Balaban J connectivity index is 2.33. The zero-order chi connectivity index (χ0) is 8.39. The van der Waals surface area contributed by atoms with Gasteiger partial charge in [-0.2, -0.15) is 0 Å². The maximum atomic E-state index is 2.24. The third-order valence-corrected chi connectivity index (χ3v) is 2.31. The minimum atomic E-state index is 0.520. The second-order valence-corrected chi connectivity index (χ2v) is 3.18. The molecule has 0 heterocycles. The first-order chi connectivity index (χ1) is 5.88. The topological polar surface area (TPSA) is 0 Å². The lowest BCUT2D eigenvalue weighted by atomic mass is 9.95. The maximum absolute atomic E-state index is 2.24. The molecule has 1 aromatic carbocycles. The molecule has 0 heteroatoms. The number of benzene rings is 1. The highest BCUT2D eigenvalue weighted by Crippen LogP contribution is 2.28. The lowest BCUT2D eigenvalue weighted by molar-refractivity contribution is 1.01. The van der Waals surface area contributed by atoms with Gasteiger partial charge in [-0.1, -0.05) is 54.1 Å². The van der Waals surface area contributed by atoms with Crippen molar-refractivity contribution < 1.29 is 0 Å². The van der Waals surface area contributed by atoms with Gasteiger partial charge in [0.15, 0.2) is 0 Å². The predicted molar refractivity (Wildman–Crippen MR) is 52.1 cm³/mol. The lowest BCUT2D eigenvalue weighted by Crippen LogP contribution is -1.92. The van der Waals surface area contributed by atoms with Gasteiger partial charge in [0.05, 0.1) is 0 Å². The van der Waals surface area contributed by atoms with Gasteiger partial charge in [-0.3, -0.25) is 0 Å². The van der Waals surface area contributed by atoms with E-state index >= 15 is 0 Å². The highest BCUT2D eigenvalue weighted by Gasteiger charge is 2.11. The second-order valence-electron chi connectivity index (χ2n) is 3.18. The second kappa shape index (κ2) is 2.98. The first-order valence-electron chi connectivity index (χ1n) is 4.28. The Labute approximate surface area is 73.2 Å². The van der Waals surface area contributed by atoms with Crippen LogP contribution in [0, 0.1) is 0 Å². The van der Waals surface area contributed by atoms with Crippen molar-refractivity contribution in [3.63, 3.8) is 0 Å². The molecule has 1 aliphatic rings. The molecule has 0 aromatic heterocycles. The molecule has 1 aliphatic carbocycles. The Hall–Kier alpha value is -1.30. The van der Waals surface area contributed by atoms with E-state index in [1.807, 2.05) is 0 Å². The van der Waals surface area contributed by atoms with Crippen molar-refractivity contribution in [2.45, 2.75) is 12.8 Å². The van der Waals surface area contributed by atoms with Crippen LogP contribution in [0.1, 0.15) is 18.4 Å². The van der Waals surface area contributed by atoms with Crippen LogP contribution in [0.2, 0.25) is 0 Å². The largest absolute Gasteiger partial charge is 0.0730 e. The van der Waals surface area contributed by atoms with Gasteiger partial charge >= 0.3 is 0 Å². The Kier molecular flexibility index (Phi) is 1.83. The Bertz CT molecular complexity index is 317. The molecule has 1 atom stereocenters. The number of hydrogen-bond acceptors (Lipinski definition) is 0. The smallest absolute Gasteiger partial charge is 0.0231 e. The standard InChI is InChI=1S/C12H12/c1-10-6-5-9-12(10)11-7-3-2-4-8-11/h2-9,12H,1H3. The summed E-state index contributed by atoms with van der Waals surface area (Å²) in [4.78, 5) is 0. The monoisotopic (exact) mass is 156 g/mol. The minimum Gasteiger partial charge on any atom is -0.0730 e. The fourth-order valence-electron chi connectivity index (χ4n) is 1.61. The van der Waals surface area contributed by atoms with E-state index < -0.39 is 0 Å². The van der Waals surface area contributed by atoms with Crippen LogP contribution in [0.4, 0.5) is 0 Å². The zero-order valence-electron chi connectivity index (χ0n) is 7.20. The van der Waals surface area contributed by atoms with Crippen molar-refractivity contribution in [3.8, 4) is 0 Å². The van der Waals surface area contributed by atoms with Gasteiger partial charge < -0.3 is 0 Å². The summed E-state index contributed by atoms with van der Waals surface area (Å²) in [5.41, 5.74) is 2.82. The minimum absolute atomic E-state index is 0.520. The molecule has 0 bridgehead atoms. The van der Waals surface area contributed by atoms with Gasteiger partial charge in [0.2, 0.25) is 0 Å². The maximum Gasteiger partial charge on any atom is 0.0231 e. The van der Waals surface area contributed by atoms with E-state index in [0.717, 1.165) is 0 Å². The fraction of sp³-hybridized carbons (Fsp3) is 0.167. The van der Waals surface area contributed by atoms with E-state index in [9.17, 15) is 0 Å². The molecule has 1 unspecified atom stereocenters. The van der Waals surface area contributed by atoms with E-state index in [-0.39, 0.29) is 0 Å². The summed E-state index contributed by atoms with van der Waals surface area (Å²) in [5, 5.41) is 0. The highest BCUT2D eigenvalue weighted by atomic mass is 14.2. The van der Waals surface area contributed by atoms with Crippen LogP contribution in [0.3, 0.4) is 0 Å². The van der Waals surface area contributed by atoms with Gasteiger partial charge in [-0.05, 0) is 12.5 Å². The molecule has 12 heavy (non-hydrogen) atoms. The molecular weight excluding hydrogens is 144 g/mol. The molecule has 0 spiro atoms. The molecule has 0 saturated heterocycles. The lowest BCUT2D eigenvalue weighted by Gasteiger charge is -2.09. The van der Waals surface area contributed by atoms with Gasteiger partial charge in [0.1, 0.15) is 0 Å². The zero-order valence-corrected chi connectivity index (χ0v) is 7.20. The molecule has 0 nitrogen and oxygen atoms in total. The van der Waals surface area contributed by atoms with E-state index in [4.69, 9.17) is 0 Å². The molecule has 0 saturated carbocycles. The van der Waals surface area contributed by atoms with Gasteiger partial charge in [-0.15, -0.1) is 0 Å². The van der Waals surface area contributed by atoms with Crippen molar-refractivity contribution in [2.75, 3.05) is 0 Å². The van der Waals surface area contributed by atoms with Crippen molar-refractivity contribution in [2.24, 2.45) is 0 Å². The third kappa shape index (κ3) is 1.20. The molecular formula is C12H12. The molecule has 1 aromatic rings. The Morgan fingerprint density at radius 1 is 1.08 bits per heavy atom. The van der Waals surface area contributed by atoms with E-state index in [0.29, 0.717) is 5.92 Å². The van der Waals surface area contributed by atoms with Crippen LogP contribution in [0.25, 0.3) is 0 Å². The van der Waals surface area contributed by atoms with E-state index in [1.165, 1.54) is 11.1 Å². The van der Waals surface area contributed by atoms with Crippen molar-refractivity contribution in [1.82, 2.24) is 0 Å². The molecule has 2 rings (SSSR count). The summed E-state index contributed by atoms with van der Waals surface area (Å²) in [6.07, 6.45) is 6.55. The number of allylic oxidation sites excluding steroid dienone is 4. The molecule has 0 N–H and O–H groups in total. The first-order valence-corrected chi connectivity index (χ1v) is 4.28. The third-order valence-electron chi connectivity index (χ3n) is 2.31. The van der Waals surface area contributed by atoms with Crippen LogP contribution < -0.4 is 0 Å². The summed E-state index contributed by atoms with van der Waals surface area (Å²) < 4.78 is 0. The Morgan fingerprint density at radius 2 is 1.83 bits per heavy atom. The van der Waals surface area contributed by atoms with Gasteiger partial charge in [0.25, 0.3) is 0 Å². The normalized spacial score (nSPS) is 21.1. The van der Waals surface area contributed by atoms with Crippen molar-refractivity contribution in [3.05, 3.63) is 59.7 Å². The number of rotatable bonds is 1. The first kappa shape index (κ1) is 7.35. The average Bonchev–Trinajstić information content (AvgIpc) is 2.53. The average molecular weight is 156 g/mol. The van der Waals surface area contributed by atoms with Gasteiger partial charge in [0, 0.05) is 5.92 Å². The van der Waals surface area contributed by atoms with Gasteiger partial charge in [-0.25, -0.2) is 0 Å². The van der Waals surface area contributed by atoms with Crippen molar-refractivity contribution in [1.29, 1.82) is 0 Å². The molecule has 0 aliphatic heterocycles. The van der Waals surface area contributed by atoms with Crippen molar-refractivity contribution >= 4 is 0 Å². The van der Waals surface area contributed by atoms with Crippen LogP contribution in [0.15, 0.2) is 54.1 Å². The molecule has 0 amide bonds. The SMILES string of the molecule is CC1=CC=CC1c1ccccc1. The number of hydrogen-bond donors (Lipinski definition) is 0. The summed E-state index contributed by atoms with van der Waals surface area (Å²) in [6.45, 7) is 2.18.